The zero-order chi connectivity index (χ0) is 21.9. The normalized spacial score (nSPS) is 10.6. The van der Waals surface area contributed by atoms with Gasteiger partial charge in [-0.05, 0) is 36.6 Å². The van der Waals surface area contributed by atoms with Crippen molar-refractivity contribution in [3.8, 4) is 22.1 Å². The molecule has 3 rings (SSSR count). The highest BCUT2D eigenvalue weighted by Gasteiger charge is 2.11. The molecule has 0 aliphatic heterocycles. The average Bonchev–Trinajstić information content (AvgIpc) is 3.27. The molecule has 0 saturated heterocycles. The minimum Gasteiger partial charge on any atom is -0.493 e. The van der Waals surface area contributed by atoms with Crippen molar-refractivity contribution in [2.75, 3.05) is 34.0 Å². The van der Waals surface area contributed by atoms with Crippen LogP contribution in [-0.2, 0) is 22.4 Å². The highest BCUT2D eigenvalue weighted by Crippen LogP contribution is 2.33. The van der Waals surface area contributed by atoms with Gasteiger partial charge in [-0.3, -0.25) is 4.79 Å². The van der Waals surface area contributed by atoms with Crippen LogP contribution < -0.4 is 14.8 Å². The van der Waals surface area contributed by atoms with Crippen LogP contribution in [0.5, 0.6) is 11.5 Å². The van der Waals surface area contributed by atoms with E-state index in [9.17, 15) is 4.79 Å². The first-order valence-corrected chi connectivity index (χ1v) is 11.1. The molecule has 0 unspecified atom stereocenters. The summed E-state index contributed by atoms with van der Waals surface area (Å²) < 4.78 is 16.3. The molecule has 1 aromatic heterocycles. The van der Waals surface area contributed by atoms with Crippen LogP contribution in [0.2, 0.25) is 0 Å². The number of carbonyl (C=O) groups is 1. The first kappa shape index (κ1) is 22.8. The molecule has 0 fully saturated rings. The number of thiazole rings is 1. The fourth-order valence-corrected chi connectivity index (χ4v) is 3.87. The number of carbonyl (C=O) groups excluding carboxylic acids is 1. The fraction of sp³-hybridized carbons (Fsp3) is 0.333. The van der Waals surface area contributed by atoms with E-state index >= 15 is 0 Å². The molecule has 0 aliphatic rings. The van der Waals surface area contributed by atoms with Crippen molar-refractivity contribution in [3.05, 3.63) is 65.2 Å². The predicted molar refractivity (Wildman–Crippen MR) is 123 cm³/mol. The zero-order valence-electron chi connectivity index (χ0n) is 17.9. The molecule has 0 atom stereocenters. The smallest absolute Gasteiger partial charge is 0.226 e. The molecule has 0 spiro atoms. The number of nitrogens with one attached hydrogen (secondary N) is 1. The van der Waals surface area contributed by atoms with E-state index < -0.39 is 0 Å². The Morgan fingerprint density at radius 2 is 1.84 bits per heavy atom. The maximum Gasteiger partial charge on any atom is 0.226 e. The lowest BCUT2D eigenvalue weighted by Crippen LogP contribution is -2.27. The van der Waals surface area contributed by atoms with Crippen molar-refractivity contribution >= 4 is 17.2 Å². The number of hydrogen-bond acceptors (Lipinski definition) is 6. The molecule has 0 aliphatic carbocycles. The van der Waals surface area contributed by atoms with Crippen molar-refractivity contribution in [1.82, 2.24) is 10.3 Å². The van der Waals surface area contributed by atoms with Gasteiger partial charge in [-0.1, -0.05) is 30.3 Å². The zero-order valence-corrected chi connectivity index (χ0v) is 18.7. The third-order valence-electron chi connectivity index (χ3n) is 4.69. The van der Waals surface area contributed by atoms with Crippen molar-refractivity contribution in [3.63, 3.8) is 0 Å². The molecule has 1 amide bonds. The van der Waals surface area contributed by atoms with Gasteiger partial charge in [-0.2, -0.15) is 0 Å². The number of nitrogens with zero attached hydrogens (tertiary/aromatic N) is 1. The third-order valence-corrected chi connectivity index (χ3v) is 5.63. The molecular weight excluding hydrogens is 412 g/mol. The van der Waals surface area contributed by atoms with Crippen LogP contribution in [0.1, 0.15) is 17.7 Å². The third kappa shape index (κ3) is 7.08. The van der Waals surface area contributed by atoms with Gasteiger partial charge in [0.2, 0.25) is 5.91 Å². The standard InChI is InChI=1S/C24H28N2O4S/c1-28-21-10-9-19(15-22(21)29-2)24-26-20(17-31-24)16-23(27)25-12-6-13-30-14-11-18-7-4-3-5-8-18/h3-5,7-10,15,17H,6,11-14,16H2,1-2H3,(H,25,27). The van der Waals surface area contributed by atoms with E-state index in [1.54, 1.807) is 14.2 Å². The molecule has 0 bridgehead atoms. The number of rotatable bonds is 12. The van der Waals surface area contributed by atoms with E-state index in [1.807, 2.05) is 41.8 Å². The van der Waals surface area contributed by atoms with E-state index in [4.69, 9.17) is 14.2 Å². The second-order valence-corrected chi connectivity index (χ2v) is 7.80. The summed E-state index contributed by atoms with van der Waals surface area (Å²) in [4.78, 5) is 16.8. The van der Waals surface area contributed by atoms with Gasteiger partial charge in [-0.15, -0.1) is 11.3 Å². The monoisotopic (exact) mass is 440 g/mol. The van der Waals surface area contributed by atoms with Crippen molar-refractivity contribution in [2.24, 2.45) is 0 Å². The van der Waals surface area contributed by atoms with E-state index in [1.165, 1.54) is 16.9 Å². The number of ether oxygens (including phenoxy) is 3. The Balaban J connectivity index is 1.36. The summed E-state index contributed by atoms with van der Waals surface area (Å²) in [6, 6.07) is 15.9. The fourth-order valence-electron chi connectivity index (χ4n) is 3.06. The Bertz CT molecular complexity index is 959. The molecule has 6 nitrogen and oxygen atoms in total. The molecule has 164 valence electrons. The maximum atomic E-state index is 12.2. The molecule has 0 radical (unpaired) electrons. The molecule has 1 N–H and O–H groups in total. The first-order valence-electron chi connectivity index (χ1n) is 10.2. The summed E-state index contributed by atoms with van der Waals surface area (Å²) >= 11 is 1.51. The number of amides is 1. The summed E-state index contributed by atoms with van der Waals surface area (Å²) in [5, 5.41) is 5.69. The lowest BCUT2D eigenvalue weighted by Gasteiger charge is -2.08. The van der Waals surface area contributed by atoms with Gasteiger partial charge >= 0.3 is 0 Å². The molecule has 7 heteroatoms. The lowest BCUT2D eigenvalue weighted by atomic mass is 10.2. The lowest BCUT2D eigenvalue weighted by molar-refractivity contribution is -0.120. The van der Waals surface area contributed by atoms with Crippen LogP contribution in [0.25, 0.3) is 10.6 Å². The molecule has 0 saturated carbocycles. The number of methoxy groups -OCH3 is 2. The Kier molecular flexibility index (Phi) is 8.87. The van der Waals surface area contributed by atoms with E-state index in [0.29, 0.717) is 31.3 Å². The molecule has 1 heterocycles. The van der Waals surface area contributed by atoms with Crippen LogP contribution in [-0.4, -0.2) is 44.9 Å². The van der Waals surface area contributed by atoms with Gasteiger partial charge in [-0.25, -0.2) is 4.98 Å². The molecule has 3 aromatic rings. The maximum absolute atomic E-state index is 12.2. The highest BCUT2D eigenvalue weighted by molar-refractivity contribution is 7.13. The minimum absolute atomic E-state index is 0.0338. The van der Waals surface area contributed by atoms with Crippen molar-refractivity contribution in [1.29, 1.82) is 0 Å². The first-order chi connectivity index (χ1) is 15.2. The minimum atomic E-state index is -0.0338. The van der Waals surface area contributed by atoms with Gasteiger partial charge in [0.25, 0.3) is 0 Å². The van der Waals surface area contributed by atoms with Crippen LogP contribution in [0, 0.1) is 0 Å². The number of benzene rings is 2. The quantitative estimate of drug-likeness (QED) is 0.429. The molecule has 2 aromatic carbocycles. The van der Waals surface area contributed by atoms with Crippen LogP contribution in [0.3, 0.4) is 0 Å². The van der Waals surface area contributed by atoms with E-state index in [2.05, 4.69) is 22.4 Å². The Hall–Kier alpha value is -2.90. The van der Waals surface area contributed by atoms with Crippen molar-refractivity contribution in [2.45, 2.75) is 19.3 Å². The molecular formula is C24H28N2O4S. The van der Waals surface area contributed by atoms with Crippen molar-refractivity contribution < 1.29 is 19.0 Å². The molecule has 31 heavy (non-hydrogen) atoms. The summed E-state index contributed by atoms with van der Waals surface area (Å²) in [6.45, 7) is 1.92. The topological polar surface area (TPSA) is 69.7 Å². The average molecular weight is 441 g/mol. The highest BCUT2D eigenvalue weighted by atomic mass is 32.1. The second kappa shape index (κ2) is 12.1. The number of aromatic nitrogens is 1. The largest absolute Gasteiger partial charge is 0.493 e. The van der Waals surface area contributed by atoms with Gasteiger partial charge < -0.3 is 19.5 Å². The van der Waals surface area contributed by atoms with Gasteiger partial charge in [0, 0.05) is 24.1 Å². The number of hydrogen-bond donors (Lipinski definition) is 1. The van der Waals surface area contributed by atoms with Crippen LogP contribution in [0.4, 0.5) is 0 Å². The van der Waals surface area contributed by atoms with Crippen LogP contribution in [0.15, 0.2) is 53.9 Å². The van der Waals surface area contributed by atoms with Crippen LogP contribution >= 0.6 is 11.3 Å². The van der Waals surface area contributed by atoms with Gasteiger partial charge in [0.1, 0.15) is 5.01 Å². The Morgan fingerprint density at radius 1 is 1.03 bits per heavy atom. The summed E-state index contributed by atoms with van der Waals surface area (Å²) in [5.41, 5.74) is 2.96. The predicted octanol–water partition coefficient (Wildman–Crippen LogP) is 4.14. The summed E-state index contributed by atoms with van der Waals surface area (Å²) in [7, 11) is 3.21. The van der Waals surface area contributed by atoms with E-state index in [-0.39, 0.29) is 12.3 Å². The second-order valence-electron chi connectivity index (χ2n) is 6.94. The summed E-state index contributed by atoms with van der Waals surface area (Å²) in [6.07, 6.45) is 1.95. The van der Waals surface area contributed by atoms with E-state index in [0.717, 1.165) is 29.1 Å². The summed E-state index contributed by atoms with van der Waals surface area (Å²) in [5.74, 6) is 1.29. The van der Waals surface area contributed by atoms with Gasteiger partial charge in [0.05, 0.1) is 32.9 Å². The van der Waals surface area contributed by atoms with Gasteiger partial charge in [0.15, 0.2) is 11.5 Å². The Morgan fingerprint density at radius 3 is 2.61 bits per heavy atom. The SMILES string of the molecule is COc1ccc(-c2nc(CC(=O)NCCCOCCc3ccccc3)cs2)cc1OC. The Labute approximate surface area is 187 Å².